The van der Waals surface area contributed by atoms with E-state index in [9.17, 15) is 9.46 Å². The second-order valence-corrected chi connectivity index (χ2v) is 5.88. The minimum Gasteiger partial charge on any atom is -0.375 e. The van der Waals surface area contributed by atoms with Crippen LogP contribution in [0.4, 0.5) is 0 Å². The van der Waals surface area contributed by atoms with Gasteiger partial charge in [-0.2, -0.15) is 0 Å². The average Bonchev–Trinajstić information content (AvgIpc) is 2.73. The fourth-order valence-electron chi connectivity index (χ4n) is 2.16. The van der Waals surface area contributed by atoms with E-state index in [1.807, 2.05) is 0 Å². The molecule has 5 nitrogen and oxygen atoms in total. The van der Waals surface area contributed by atoms with Crippen molar-refractivity contribution in [1.29, 1.82) is 0 Å². The lowest BCUT2D eigenvalue weighted by atomic mass is 9.87. The van der Waals surface area contributed by atoms with E-state index in [0.29, 0.717) is 18.4 Å². The molecule has 0 amide bonds. The molecule has 1 N–H and O–H groups in total. The van der Waals surface area contributed by atoms with Crippen LogP contribution in [-0.4, -0.2) is 30.8 Å². The first-order chi connectivity index (χ1) is 8.00. The number of phosphoric ester groups is 1. The molecule has 0 aromatic heterocycles. The smallest absolute Gasteiger partial charge is 0.375 e. The Kier molecular flexibility index (Phi) is 6.10. The molecule has 0 aromatic carbocycles. The van der Waals surface area contributed by atoms with Gasteiger partial charge in [0, 0.05) is 6.61 Å². The van der Waals surface area contributed by atoms with Gasteiger partial charge in [0.15, 0.2) is 0 Å². The Labute approximate surface area is 103 Å². The number of hydrogen-bond acceptors (Lipinski definition) is 4. The number of phosphoric acid groups is 1. The van der Waals surface area contributed by atoms with Crippen molar-refractivity contribution in [3.05, 3.63) is 0 Å². The molecule has 4 unspecified atom stereocenters. The van der Waals surface area contributed by atoms with Crippen LogP contribution in [0.15, 0.2) is 0 Å². The van der Waals surface area contributed by atoms with Crippen molar-refractivity contribution in [2.24, 2.45) is 11.8 Å². The summed E-state index contributed by atoms with van der Waals surface area (Å²) in [4.78, 5) is 9.31. The Morgan fingerprint density at radius 3 is 2.76 bits per heavy atom. The second kappa shape index (κ2) is 6.86. The zero-order chi connectivity index (χ0) is 12.9. The van der Waals surface area contributed by atoms with Crippen LogP contribution in [0.25, 0.3) is 0 Å². The van der Waals surface area contributed by atoms with Gasteiger partial charge in [-0.25, -0.2) is 4.57 Å². The Balaban J connectivity index is 2.43. The van der Waals surface area contributed by atoms with Crippen LogP contribution < -0.4 is 0 Å². The van der Waals surface area contributed by atoms with Crippen LogP contribution >= 0.6 is 7.82 Å². The third kappa shape index (κ3) is 4.68. The van der Waals surface area contributed by atoms with Gasteiger partial charge in [-0.15, -0.1) is 0 Å². The van der Waals surface area contributed by atoms with E-state index < -0.39 is 7.82 Å². The molecule has 6 heteroatoms. The van der Waals surface area contributed by atoms with Gasteiger partial charge in [0.25, 0.3) is 0 Å². The fourth-order valence-corrected chi connectivity index (χ4v) is 2.89. The van der Waals surface area contributed by atoms with Gasteiger partial charge < -0.3 is 9.63 Å². The summed E-state index contributed by atoms with van der Waals surface area (Å²) in [5.74, 6) is 0.942. The van der Waals surface area contributed by atoms with Crippen molar-refractivity contribution in [3.8, 4) is 0 Å². The van der Waals surface area contributed by atoms with E-state index in [1.165, 1.54) is 0 Å². The topological polar surface area (TPSA) is 65.0 Å². The molecule has 17 heavy (non-hydrogen) atoms. The molecule has 0 radical (unpaired) electrons. The van der Waals surface area contributed by atoms with Gasteiger partial charge in [0.05, 0.1) is 19.3 Å². The fraction of sp³-hybridized carbons (Fsp3) is 1.00. The maximum absolute atomic E-state index is 11.4. The van der Waals surface area contributed by atoms with E-state index in [2.05, 4.69) is 18.4 Å². The lowest BCUT2D eigenvalue weighted by molar-refractivity contribution is 0.0225. The van der Waals surface area contributed by atoms with E-state index >= 15 is 0 Å². The molecule has 1 rings (SSSR count). The van der Waals surface area contributed by atoms with Crippen molar-refractivity contribution in [2.45, 2.75) is 39.7 Å². The minimum absolute atomic E-state index is 0.0918. The molecule has 1 aliphatic heterocycles. The highest BCUT2D eigenvalue weighted by atomic mass is 31.2. The van der Waals surface area contributed by atoms with Crippen molar-refractivity contribution in [1.82, 2.24) is 0 Å². The maximum atomic E-state index is 11.4. The third-order valence-electron chi connectivity index (χ3n) is 3.33. The molecular formula is C11H23O5P. The molecular weight excluding hydrogens is 243 g/mol. The first kappa shape index (κ1) is 15.1. The Morgan fingerprint density at radius 2 is 2.18 bits per heavy atom. The highest BCUT2D eigenvalue weighted by Gasteiger charge is 2.34. The van der Waals surface area contributed by atoms with Crippen LogP contribution in [0.5, 0.6) is 0 Å². The largest absolute Gasteiger partial charge is 0.472 e. The maximum Gasteiger partial charge on any atom is 0.472 e. The highest BCUT2D eigenvalue weighted by Crippen LogP contribution is 2.44. The monoisotopic (exact) mass is 266 g/mol. The molecule has 0 bridgehead atoms. The van der Waals surface area contributed by atoms with Crippen LogP contribution in [0.3, 0.4) is 0 Å². The summed E-state index contributed by atoms with van der Waals surface area (Å²) in [7, 11) is -3.89. The first-order valence-electron chi connectivity index (χ1n) is 6.23. The van der Waals surface area contributed by atoms with E-state index in [-0.39, 0.29) is 19.3 Å². The van der Waals surface area contributed by atoms with Gasteiger partial charge in [0.2, 0.25) is 0 Å². The SMILES string of the molecule is CCOP(=O)(O)OCC1OCCC1C(C)CC. The quantitative estimate of drug-likeness (QED) is 0.717. The Hall–Kier alpha value is 0.0700. The van der Waals surface area contributed by atoms with E-state index in [0.717, 1.165) is 12.8 Å². The molecule has 4 atom stereocenters. The standard InChI is InChI=1S/C11H23O5P/c1-4-9(3)10-6-7-14-11(10)8-16-17(12,13)15-5-2/h9-11H,4-8H2,1-3H3,(H,12,13). The Bertz CT molecular complexity index is 271. The van der Waals surface area contributed by atoms with Crippen LogP contribution in [0, 0.1) is 11.8 Å². The summed E-state index contributed by atoms with van der Waals surface area (Å²) in [5.41, 5.74) is 0. The molecule has 102 valence electrons. The zero-order valence-electron chi connectivity index (χ0n) is 10.8. The zero-order valence-corrected chi connectivity index (χ0v) is 11.7. The summed E-state index contributed by atoms with van der Waals surface area (Å²) in [6, 6.07) is 0. The molecule has 0 aliphatic carbocycles. The van der Waals surface area contributed by atoms with Crippen LogP contribution in [-0.2, 0) is 18.3 Å². The molecule has 0 spiro atoms. The second-order valence-electron chi connectivity index (χ2n) is 4.43. The van der Waals surface area contributed by atoms with Crippen LogP contribution in [0.2, 0.25) is 0 Å². The van der Waals surface area contributed by atoms with Crippen molar-refractivity contribution >= 4 is 7.82 Å². The Morgan fingerprint density at radius 1 is 1.47 bits per heavy atom. The van der Waals surface area contributed by atoms with Crippen molar-refractivity contribution in [2.75, 3.05) is 19.8 Å². The molecule has 0 aromatic rings. The van der Waals surface area contributed by atoms with Gasteiger partial charge in [0.1, 0.15) is 0 Å². The predicted octanol–water partition coefficient (Wildman–Crippen LogP) is 2.59. The average molecular weight is 266 g/mol. The van der Waals surface area contributed by atoms with E-state index in [1.54, 1.807) is 6.92 Å². The lowest BCUT2D eigenvalue weighted by Crippen LogP contribution is -2.26. The van der Waals surface area contributed by atoms with Gasteiger partial charge in [-0.05, 0) is 25.2 Å². The molecule has 1 heterocycles. The minimum atomic E-state index is -3.89. The van der Waals surface area contributed by atoms with Crippen LogP contribution in [0.1, 0.15) is 33.6 Å². The normalized spacial score (nSPS) is 30.1. The summed E-state index contributed by atoms with van der Waals surface area (Å²) in [5, 5.41) is 0. The predicted molar refractivity (Wildman–Crippen MR) is 64.7 cm³/mol. The summed E-state index contributed by atoms with van der Waals surface area (Å²) in [6.45, 7) is 6.95. The first-order valence-corrected chi connectivity index (χ1v) is 7.73. The molecule has 1 aliphatic rings. The lowest BCUT2D eigenvalue weighted by Gasteiger charge is -2.24. The molecule has 0 saturated carbocycles. The van der Waals surface area contributed by atoms with E-state index in [4.69, 9.17) is 9.26 Å². The van der Waals surface area contributed by atoms with Crippen molar-refractivity contribution < 1.29 is 23.2 Å². The number of rotatable bonds is 7. The summed E-state index contributed by atoms with van der Waals surface area (Å²) >= 11 is 0. The summed E-state index contributed by atoms with van der Waals surface area (Å²) < 4.78 is 26.5. The summed E-state index contributed by atoms with van der Waals surface area (Å²) in [6.07, 6.45) is 1.98. The van der Waals surface area contributed by atoms with Gasteiger partial charge in [-0.1, -0.05) is 20.3 Å². The number of ether oxygens (including phenoxy) is 1. The molecule has 1 saturated heterocycles. The number of hydrogen-bond donors (Lipinski definition) is 1. The van der Waals surface area contributed by atoms with Crippen molar-refractivity contribution in [3.63, 3.8) is 0 Å². The van der Waals surface area contributed by atoms with Gasteiger partial charge in [-0.3, -0.25) is 9.05 Å². The third-order valence-corrected chi connectivity index (χ3v) is 4.39. The highest BCUT2D eigenvalue weighted by molar-refractivity contribution is 7.47. The molecule has 1 fully saturated rings. The van der Waals surface area contributed by atoms with Gasteiger partial charge >= 0.3 is 7.82 Å².